The average Bonchev–Trinajstić information content (AvgIpc) is 3.27. The Morgan fingerprint density at radius 1 is 1.06 bits per heavy atom. The van der Waals surface area contributed by atoms with Crippen molar-refractivity contribution in [3.05, 3.63) is 53.9 Å². The monoisotopic (exact) mass is 425 g/mol. The van der Waals surface area contributed by atoms with Gasteiger partial charge in [-0.25, -0.2) is 0 Å². The molecule has 8 heteroatoms. The summed E-state index contributed by atoms with van der Waals surface area (Å²) in [5, 5.41) is 6.78. The summed E-state index contributed by atoms with van der Waals surface area (Å²) in [5.41, 5.74) is 1.78. The summed E-state index contributed by atoms with van der Waals surface area (Å²) in [5.74, 6) is 2.79. The van der Waals surface area contributed by atoms with Gasteiger partial charge in [-0.2, -0.15) is 4.98 Å². The number of ether oxygens (including phenoxy) is 3. The van der Waals surface area contributed by atoms with E-state index in [-0.39, 0.29) is 12.5 Å². The van der Waals surface area contributed by atoms with Gasteiger partial charge in [-0.3, -0.25) is 4.79 Å². The van der Waals surface area contributed by atoms with Crippen molar-refractivity contribution in [2.24, 2.45) is 0 Å². The van der Waals surface area contributed by atoms with Crippen molar-refractivity contribution in [3.8, 4) is 28.6 Å². The van der Waals surface area contributed by atoms with Crippen LogP contribution in [0.2, 0.25) is 0 Å². The molecule has 0 radical (unpaired) electrons. The van der Waals surface area contributed by atoms with Crippen molar-refractivity contribution in [2.75, 3.05) is 20.3 Å². The first kappa shape index (κ1) is 22.1. The van der Waals surface area contributed by atoms with E-state index in [1.165, 1.54) is 0 Å². The number of nitrogens with zero attached hydrogens (tertiary/aromatic N) is 2. The Hall–Kier alpha value is -3.55. The number of rotatable bonds is 11. The minimum atomic E-state index is -0.104. The Balaban J connectivity index is 1.52. The van der Waals surface area contributed by atoms with E-state index in [1.807, 2.05) is 56.3 Å². The van der Waals surface area contributed by atoms with Crippen LogP contribution in [0.4, 0.5) is 0 Å². The summed E-state index contributed by atoms with van der Waals surface area (Å²) in [6.45, 7) is 5.14. The van der Waals surface area contributed by atoms with Crippen LogP contribution in [-0.2, 0) is 17.8 Å². The van der Waals surface area contributed by atoms with Crippen LogP contribution >= 0.6 is 0 Å². The molecule has 0 aliphatic heterocycles. The number of aromatic nitrogens is 2. The highest BCUT2D eigenvalue weighted by atomic mass is 16.5. The molecule has 0 aliphatic carbocycles. The lowest BCUT2D eigenvalue weighted by Crippen LogP contribution is -2.23. The molecule has 1 aromatic heterocycles. The van der Waals surface area contributed by atoms with E-state index in [4.69, 9.17) is 18.7 Å². The van der Waals surface area contributed by atoms with Gasteiger partial charge in [-0.05, 0) is 50.1 Å². The highest BCUT2D eigenvalue weighted by Crippen LogP contribution is 2.29. The number of nitrogens with one attached hydrogen (secondary N) is 1. The fraction of sp³-hybridized carbons (Fsp3) is 0.348. The van der Waals surface area contributed by atoms with Crippen LogP contribution in [-0.4, -0.2) is 36.4 Å². The van der Waals surface area contributed by atoms with Crippen molar-refractivity contribution in [1.82, 2.24) is 15.5 Å². The molecule has 0 fully saturated rings. The van der Waals surface area contributed by atoms with Crippen LogP contribution in [0, 0.1) is 0 Å². The predicted octanol–water partition coefficient (Wildman–Crippen LogP) is 3.79. The molecule has 0 aliphatic rings. The van der Waals surface area contributed by atoms with Crippen LogP contribution in [0.1, 0.15) is 31.7 Å². The minimum Gasteiger partial charge on any atom is -0.497 e. The lowest BCUT2D eigenvalue weighted by Gasteiger charge is -2.12. The Morgan fingerprint density at radius 3 is 2.65 bits per heavy atom. The third kappa shape index (κ3) is 6.21. The highest BCUT2D eigenvalue weighted by Gasteiger charge is 2.12. The zero-order valence-corrected chi connectivity index (χ0v) is 18.0. The molecule has 3 aromatic rings. The maximum absolute atomic E-state index is 12.3. The third-order valence-electron chi connectivity index (χ3n) is 4.48. The van der Waals surface area contributed by atoms with Crippen molar-refractivity contribution in [2.45, 2.75) is 33.2 Å². The smallest absolute Gasteiger partial charge is 0.246 e. The molecule has 0 unspecified atom stereocenters. The van der Waals surface area contributed by atoms with Crippen LogP contribution in [0.15, 0.2) is 47.0 Å². The van der Waals surface area contributed by atoms with Crippen molar-refractivity contribution in [1.29, 1.82) is 0 Å². The van der Waals surface area contributed by atoms with Gasteiger partial charge in [0.15, 0.2) is 11.5 Å². The zero-order valence-electron chi connectivity index (χ0n) is 18.0. The second-order valence-corrected chi connectivity index (χ2v) is 6.67. The van der Waals surface area contributed by atoms with Crippen molar-refractivity contribution >= 4 is 5.91 Å². The molecular formula is C23H27N3O5. The maximum atomic E-state index is 12.3. The standard InChI is InChI=1S/C23H27N3O5/c1-4-29-19-11-9-16(13-20(19)30-5-2)10-12-21(27)24-15-22-25-23(26-31-22)17-7-6-8-18(14-17)28-3/h6-9,11,13-14H,4-5,10,12,15H2,1-3H3,(H,24,27). The van der Waals surface area contributed by atoms with Gasteiger partial charge in [0, 0.05) is 12.0 Å². The predicted molar refractivity (Wildman–Crippen MR) is 115 cm³/mol. The SMILES string of the molecule is CCOc1ccc(CCC(=O)NCc2nc(-c3cccc(OC)c3)no2)cc1OCC. The van der Waals surface area contributed by atoms with Gasteiger partial charge in [-0.1, -0.05) is 23.4 Å². The molecular weight excluding hydrogens is 398 g/mol. The van der Waals surface area contributed by atoms with Gasteiger partial charge in [0.25, 0.3) is 0 Å². The number of benzene rings is 2. The molecule has 0 saturated heterocycles. The molecule has 8 nitrogen and oxygen atoms in total. The van der Waals surface area contributed by atoms with E-state index >= 15 is 0 Å². The third-order valence-corrected chi connectivity index (χ3v) is 4.48. The highest BCUT2D eigenvalue weighted by molar-refractivity contribution is 5.76. The van der Waals surface area contributed by atoms with E-state index in [1.54, 1.807) is 7.11 Å². The van der Waals surface area contributed by atoms with E-state index < -0.39 is 0 Å². The summed E-state index contributed by atoms with van der Waals surface area (Å²) < 4.78 is 21.6. The summed E-state index contributed by atoms with van der Waals surface area (Å²) in [6, 6.07) is 13.1. The number of carbonyl (C=O) groups excluding carboxylic acids is 1. The summed E-state index contributed by atoms with van der Waals surface area (Å²) >= 11 is 0. The second kappa shape index (κ2) is 11.0. The molecule has 1 N–H and O–H groups in total. The molecule has 3 rings (SSSR count). The number of methoxy groups -OCH3 is 1. The van der Waals surface area contributed by atoms with E-state index in [0.717, 1.165) is 11.1 Å². The van der Waals surface area contributed by atoms with Gasteiger partial charge in [-0.15, -0.1) is 0 Å². The molecule has 0 spiro atoms. The summed E-state index contributed by atoms with van der Waals surface area (Å²) in [6.07, 6.45) is 0.910. The number of hydrogen-bond donors (Lipinski definition) is 1. The fourth-order valence-corrected chi connectivity index (χ4v) is 2.98. The molecule has 1 amide bonds. The summed E-state index contributed by atoms with van der Waals surface area (Å²) in [7, 11) is 1.60. The number of aryl methyl sites for hydroxylation is 1. The van der Waals surface area contributed by atoms with Gasteiger partial charge in [0.1, 0.15) is 5.75 Å². The van der Waals surface area contributed by atoms with Crippen LogP contribution in [0.5, 0.6) is 17.2 Å². The molecule has 2 aromatic carbocycles. The van der Waals surface area contributed by atoms with Crippen molar-refractivity contribution in [3.63, 3.8) is 0 Å². The van der Waals surface area contributed by atoms with Gasteiger partial charge in [0.2, 0.25) is 17.6 Å². The lowest BCUT2D eigenvalue weighted by molar-refractivity contribution is -0.121. The molecule has 164 valence electrons. The van der Waals surface area contributed by atoms with Crippen LogP contribution in [0.25, 0.3) is 11.4 Å². The van der Waals surface area contributed by atoms with Gasteiger partial charge >= 0.3 is 0 Å². The van der Waals surface area contributed by atoms with Gasteiger partial charge in [0.05, 0.1) is 26.9 Å². The van der Waals surface area contributed by atoms with Crippen LogP contribution < -0.4 is 19.5 Å². The normalized spacial score (nSPS) is 10.5. The van der Waals surface area contributed by atoms with E-state index in [2.05, 4.69) is 15.5 Å². The van der Waals surface area contributed by atoms with Crippen LogP contribution in [0.3, 0.4) is 0 Å². The number of hydrogen-bond acceptors (Lipinski definition) is 7. The lowest BCUT2D eigenvalue weighted by atomic mass is 10.1. The number of carbonyl (C=O) groups is 1. The summed E-state index contributed by atoms with van der Waals surface area (Å²) in [4.78, 5) is 16.6. The molecule has 31 heavy (non-hydrogen) atoms. The molecule has 0 saturated carbocycles. The average molecular weight is 425 g/mol. The Bertz CT molecular complexity index is 1000. The first-order valence-electron chi connectivity index (χ1n) is 10.2. The Labute approximate surface area is 181 Å². The fourth-order valence-electron chi connectivity index (χ4n) is 2.98. The Morgan fingerprint density at radius 2 is 1.87 bits per heavy atom. The molecule has 0 atom stereocenters. The first-order valence-corrected chi connectivity index (χ1v) is 10.2. The maximum Gasteiger partial charge on any atom is 0.246 e. The zero-order chi connectivity index (χ0) is 22.1. The first-order chi connectivity index (χ1) is 15.1. The molecule has 0 bridgehead atoms. The topological polar surface area (TPSA) is 95.7 Å². The van der Waals surface area contributed by atoms with E-state index in [9.17, 15) is 4.79 Å². The largest absolute Gasteiger partial charge is 0.497 e. The number of amides is 1. The minimum absolute atomic E-state index is 0.104. The van der Waals surface area contributed by atoms with E-state index in [0.29, 0.717) is 55.0 Å². The quantitative estimate of drug-likeness (QED) is 0.499. The van der Waals surface area contributed by atoms with Crippen molar-refractivity contribution < 1.29 is 23.5 Å². The Kier molecular flexibility index (Phi) is 7.86. The molecule has 1 heterocycles. The van der Waals surface area contributed by atoms with Gasteiger partial charge < -0.3 is 24.1 Å². The second-order valence-electron chi connectivity index (χ2n) is 6.67.